The second-order valence-electron chi connectivity index (χ2n) is 6.21. The Labute approximate surface area is 170 Å². The number of halogens is 2. The first-order valence-corrected chi connectivity index (χ1v) is 9.26. The minimum Gasteiger partial charge on any atom is -0.368 e. The summed E-state index contributed by atoms with van der Waals surface area (Å²) >= 11 is 3.28. The summed E-state index contributed by atoms with van der Waals surface area (Å²) in [6.45, 7) is 1.27. The van der Waals surface area contributed by atoms with Gasteiger partial charge in [-0.3, -0.25) is 14.4 Å². The molecule has 2 rings (SSSR count). The van der Waals surface area contributed by atoms with Crippen LogP contribution in [-0.4, -0.2) is 34.8 Å². The van der Waals surface area contributed by atoms with Crippen molar-refractivity contribution in [2.75, 3.05) is 0 Å². The SMILES string of the molecule is CC(=O)N[C@H](Cc1cccc(F)c1)C(=O)N[C@@H](Cc1cccnc1Br)C(N)=O. The first-order chi connectivity index (χ1) is 13.3. The molecule has 0 fully saturated rings. The van der Waals surface area contributed by atoms with E-state index in [1.807, 2.05) is 0 Å². The number of nitrogens with two attached hydrogens (primary N) is 1. The molecule has 1 aromatic carbocycles. The van der Waals surface area contributed by atoms with Gasteiger partial charge in [0.25, 0.3) is 0 Å². The van der Waals surface area contributed by atoms with Crippen LogP contribution in [0.4, 0.5) is 4.39 Å². The third-order valence-corrected chi connectivity index (χ3v) is 4.66. The molecule has 3 amide bonds. The Balaban J connectivity index is 2.15. The van der Waals surface area contributed by atoms with Crippen LogP contribution in [0.5, 0.6) is 0 Å². The second-order valence-corrected chi connectivity index (χ2v) is 6.96. The van der Waals surface area contributed by atoms with Crippen LogP contribution in [0.1, 0.15) is 18.1 Å². The zero-order valence-electron chi connectivity index (χ0n) is 15.1. The average Bonchev–Trinajstić information content (AvgIpc) is 2.61. The van der Waals surface area contributed by atoms with E-state index in [9.17, 15) is 18.8 Å². The lowest BCUT2D eigenvalue weighted by Crippen LogP contribution is -2.54. The number of rotatable bonds is 8. The van der Waals surface area contributed by atoms with Crippen LogP contribution in [0.15, 0.2) is 47.2 Å². The predicted molar refractivity (Wildman–Crippen MR) is 104 cm³/mol. The summed E-state index contributed by atoms with van der Waals surface area (Å²) in [6.07, 6.45) is 1.77. The molecule has 1 aromatic heterocycles. The van der Waals surface area contributed by atoms with Crippen molar-refractivity contribution in [3.8, 4) is 0 Å². The maximum atomic E-state index is 13.4. The average molecular weight is 451 g/mol. The number of amides is 3. The summed E-state index contributed by atoms with van der Waals surface area (Å²) in [7, 11) is 0. The van der Waals surface area contributed by atoms with Gasteiger partial charge in [0.1, 0.15) is 22.5 Å². The van der Waals surface area contributed by atoms with Gasteiger partial charge in [0.15, 0.2) is 0 Å². The van der Waals surface area contributed by atoms with Crippen molar-refractivity contribution in [3.63, 3.8) is 0 Å². The standard InChI is InChI=1S/C19H20BrFN4O3/c1-11(26)24-16(9-12-4-2-6-14(21)8-12)19(28)25-15(18(22)27)10-13-5-3-7-23-17(13)20/h2-8,15-16H,9-10H2,1H3,(H2,22,27)(H,24,26)(H,25,28)/t15-,16+/m0/s1. The van der Waals surface area contributed by atoms with E-state index in [2.05, 4.69) is 31.5 Å². The molecule has 0 radical (unpaired) electrons. The molecule has 1 heterocycles. The molecule has 2 aromatic rings. The third-order valence-electron chi connectivity index (χ3n) is 3.94. The zero-order chi connectivity index (χ0) is 20.7. The lowest BCUT2D eigenvalue weighted by Gasteiger charge is -2.22. The molecule has 0 bridgehead atoms. The number of primary amides is 1. The second kappa shape index (κ2) is 9.93. The van der Waals surface area contributed by atoms with Crippen molar-refractivity contribution >= 4 is 33.7 Å². The van der Waals surface area contributed by atoms with E-state index in [1.54, 1.807) is 24.4 Å². The molecule has 2 atom stereocenters. The molecule has 0 aliphatic rings. The monoisotopic (exact) mass is 450 g/mol. The summed E-state index contributed by atoms with van der Waals surface area (Å²) in [6, 6.07) is 7.17. The van der Waals surface area contributed by atoms with E-state index in [1.165, 1.54) is 25.1 Å². The van der Waals surface area contributed by atoms with Crippen molar-refractivity contribution in [1.29, 1.82) is 0 Å². The highest BCUT2D eigenvalue weighted by atomic mass is 79.9. The van der Waals surface area contributed by atoms with Gasteiger partial charge in [-0.15, -0.1) is 0 Å². The van der Waals surface area contributed by atoms with Crippen molar-refractivity contribution in [1.82, 2.24) is 15.6 Å². The van der Waals surface area contributed by atoms with E-state index in [-0.39, 0.29) is 12.8 Å². The van der Waals surface area contributed by atoms with E-state index in [0.717, 1.165) is 0 Å². The molecule has 0 spiro atoms. The summed E-state index contributed by atoms with van der Waals surface area (Å²) < 4.78 is 14.0. The summed E-state index contributed by atoms with van der Waals surface area (Å²) in [5.74, 6) is -2.20. The van der Waals surface area contributed by atoms with Gasteiger partial charge in [0.2, 0.25) is 17.7 Å². The number of carbonyl (C=O) groups excluding carboxylic acids is 3. The molecule has 7 nitrogen and oxygen atoms in total. The van der Waals surface area contributed by atoms with Crippen LogP contribution in [0.3, 0.4) is 0 Å². The highest BCUT2D eigenvalue weighted by Crippen LogP contribution is 2.15. The van der Waals surface area contributed by atoms with Gasteiger partial charge in [-0.25, -0.2) is 9.37 Å². The Morgan fingerprint density at radius 2 is 1.89 bits per heavy atom. The smallest absolute Gasteiger partial charge is 0.243 e. The molecule has 148 valence electrons. The minimum absolute atomic E-state index is 0.0608. The van der Waals surface area contributed by atoms with Crippen LogP contribution in [-0.2, 0) is 27.2 Å². The molecule has 0 aliphatic carbocycles. The number of carbonyl (C=O) groups is 3. The van der Waals surface area contributed by atoms with Crippen molar-refractivity contribution < 1.29 is 18.8 Å². The molecule has 0 aliphatic heterocycles. The molecule has 0 saturated carbocycles. The number of hydrogen-bond donors (Lipinski definition) is 3. The summed E-state index contributed by atoms with van der Waals surface area (Å²) in [4.78, 5) is 40.1. The minimum atomic E-state index is -1.00. The van der Waals surface area contributed by atoms with Crippen LogP contribution >= 0.6 is 15.9 Å². The van der Waals surface area contributed by atoms with Gasteiger partial charge in [-0.2, -0.15) is 0 Å². The maximum Gasteiger partial charge on any atom is 0.243 e. The number of nitrogens with one attached hydrogen (secondary N) is 2. The first kappa shape index (κ1) is 21.5. The van der Waals surface area contributed by atoms with Crippen LogP contribution in [0, 0.1) is 5.82 Å². The van der Waals surface area contributed by atoms with Crippen molar-refractivity contribution in [2.24, 2.45) is 5.73 Å². The van der Waals surface area contributed by atoms with E-state index < -0.39 is 35.6 Å². The van der Waals surface area contributed by atoms with Gasteiger partial charge in [-0.05, 0) is 45.3 Å². The molecule has 28 heavy (non-hydrogen) atoms. The number of nitrogens with zero attached hydrogens (tertiary/aromatic N) is 1. The topological polar surface area (TPSA) is 114 Å². The van der Waals surface area contributed by atoms with E-state index in [0.29, 0.717) is 15.7 Å². The van der Waals surface area contributed by atoms with Crippen LogP contribution in [0.2, 0.25) is 0 Å². The Kier molecular flexibility index (Phi) is 7.62. The fourth-order valence-corrected chi connectivity index (χ4v) is 3.05. The predicted octanol–water partition coefficient (Wildman–Crippen LogP) is 1.24. The zero-order valence-corrected chi connectivity index (χ0v) is 16.7. The molecular formula is C19H20BrFN4O3. The van der Waals surface area contributed by atoms with Crippen LogP contribution < -0.4 is 16.4 Å². The largest absolute Gasteiger partial charge is 0.368 e. The molecule has 0 saturated heterocycles. The lowest BCUT2D eigenvalue weighted by molar-refractivity contribution is -0.130. The molecule has 0 unspecified atom stereocenters. The van der Waals surface area contributed by atoms with Gasteiger partial charge in [0.05, 0.1) is 0 Å². The Morgan fingerprint density at radius 3 is 2.50 bits per heavy atom. The van der Waals surface area contributed by atoms with Gasteiger partial charge < -0.3 is 16.4 Å². The van der Waals surface area contributed by atoms with Gasteiger partial charge in [-0.1, -0.05) is 18.2 Å². The first-order valence-electron chi connectivity index (χ1n) is 8.47. The Hall–Kier alpha value is -2.81. The number of hydrogen-bond acceptors (Lipinski definition) is 4. The molecular weight excluding hydrogens is 431 g/mol. The van der Waals surface area contributed by atoms with E-state index >= 15 is 0 Å². The lowest BCUT2D eigenvalue weighted by atomic mass is 10.0. The highest BCUT2D eigenvalue weighted by molar-refractivity contribution is 9.10. The number of benzene rings is 1. The quantitative estimate of drug-likeness (QED) is 0.524. The van der Waals surface area contributed by atoms with Crippen molar-refractivity contribution in [2.45, 2.75) is 31.8 Å². The third kappa shape index (κ3) is 6.41. The fourth-order valence-electron chi connectivity index (χ4n) is 2.64. The number of pyridine rings is 1. The summed E-state index contributed by atoms with van der Waals surface area (Å²) in [5, 5.41) is 5.08. The maximum absolute atomic E-state index is 13.4. The van der Waals surface area contributed by atoms with Crippen molar-refractivity contribution in [3.05, 3.63) is 64.1 Å². The highest BCUT2D eigenvalue weighted by Gasteiger charge is 2.26. The van der Waals surface area contributed by atoms with Gasteiger partial charge >= 0.3 is 0 Å². The van der Waals surface area contributed by atoms with Crippen LogP contribution in [0.25, 0.3) is 0 Å². The number of aromatic nitrogens is 1. The summed E-state index contributed by atoms with van der Waals surface area (Å²) in [5.41, 5.74) is 6.65. The Bertz CT molecular complexity index is 878. The normalized spacial score (nSPS) is 12.7. The van der Waals surface area contributed by atoms with Gasteiger partial charge in [0, 0.05) is 26.0 Å². The molecule has 4 N–H and O–H groups in total. The van der Waals surface area contributed by atoms with E-state index in [4.69, 9.17) is 5.73 Å². The fraction of sp³-hybridized carbons (Fsp3) is 0.263. The molecule has 9 heteroatoms. The Morgan fingerprint density at radius 1 is 1.14 bits per heavy atom.